The minimum Gasteiger partial charge on any atom is -0.408 e. The maximum atomic E-state index is 13.2. The average Bonchev–Trinajstić information content (AvgIpc) is 3.22. The first-order valence-electron chi connectivity index (χ1n) is 9.72. The second-order valence-electron chi connectivity index (χ2n) is 7.39. The van der Waals surface area contributed by atoms with E-state index in [-0.39, 0.29) is 22.4 Å². The van der Waals surface area contributed by atoms with E-state index in [1.165, 1.54) is 28.6 Å². The smallest absolute Gasteiger partial charge is 0.322 e. The van der Waals surface area contributed by atoms with Crippen LogP contribution in [0.25, 0.3) is 0 Å². The molecule has 156 valence electrons. The summed E-state index contributed by atoms with van der Waals surface area (Å²) in [6.07, 6.45) is 1.62. The average molecular weight is 426 g/mol. The first-order valence-corrected chi connectivity index (χ1v) is 11.2. The maximum absolute atomic E-state index is 13.2. The number of carbonyl (C=O) groups excluding carboxylic acids is 1. The van der Waals surface area contributed by atoms with Gasteiger partial charge < -0.3 is 4.42 Å². The second kappa shape index (κ2) is 7.91. The lowest BCUT2D eigenvalue weighted by Crippen LogP contribution is -2.35. The Morgan fingerprint density at radius 3 is 2.53 bits per heavy atom. The van der Waals surface area contributed by atoms with Gasteiger partial charge in [-0.2, -0.15) is 0 Å². The summed E-state index contributed by atoms with van der Waals surface area (Å²) in [5, 5.41) is 10.2. The number of hydrogen-bond acceptors (Lipinski definition) is 6. The lowest BCUT2D eigenvalue weighted by Gasteiger charge is -2.30. The van der Waals surface area contributed by atoms with Crippen LogP contribution in [0.5, 0.6) is 0 Å². The number of rotatable bonds is 5. The summed E-state index contributed by atoms with van der Waals surface area (Å²) in [6.45, 7) is 4.23. The fourth-order valence-electron chi connectivity index (χ4n) is 3.34. The van der Waals surface area contributed by atoms with Crippen molar-refractivity contribution in [2.75, 3.05) is 16.2 Å². The summed E-state index contributed by atoms with van der Waals surface area (Å²) in [6, 6.07) is 13.3. The zero-order valence-corrected chi connectivity index (χ0v) is 17.5. The van der Waals surface area contributed by atoms with Gasteiger partial charge in [0.2, 0.25) is 5.89 Å². The number of carbonyl (C=O) groups is 1. The number of benzene rings is 2. The Morgan fingerprint density at radius 1 is 1.10 bits per heavy atom. The number of sulfonamides is 1. The van der Waals surface area contributed by atoms with Crippen LogP contribution in [0.2, 0.25) is 0 Å². The Labute approximate surface area is 175 Å². The van der Waals surface area contributed by atoms with Crippen molar-refractivity contribution in [3.63, 3.8) is 0 Å². The molecule has 4 rings (SSSR count). The molecule has 0 saturated carbocycles. The highest BCUT2D eigenvalue weighted by Crippen LogP contribution is 2.31. The van der Waals surface area contributed by atoms with Crippen LogP contribution < -0.4 is 9.62 Å². The van der Waals surface area contributed by atoms with Crippen LogP contribution in [0.15, 0.2) is 57.8 Å². The number of aryl methyl sites for hydroxylation is 1. The standard InChI is InChI=1S/C21H22N4O4S/c1-14(2)20-23-24-21(29-20)22-19(26)16-9-11-17(12-10-16)30(27,28)25-13-5-7-15-6-3-4-8-18(15)25/h3-4,6,8-12,14H,5,7,13H2,1-2H3,(H,22,24,26). The third-order valence-electron chi connectivity index (χ3n) is 4.93. The van der Waals surface area contributed by atoms with E-state index in [9.17, 15) is 13.2 Å². The number of nitrogens with one attached hydrogen (secondary N) is 1. The molecule has 0 atom stereocenters. The molecule has 3 aromatic rings. The third kappa shape index (κ3) is 3.80. The summed E-state index contributed by atoms with van der Waals surface area (Å²) in [5.74, 6) is 0.0161. The van der Waals surface area contributed by atoms with Crippen LogP contribution >= 0.6 is 0 Å². The molecule has 1 aromatic heterocycles. The van der Waals surface area contributed by atoms with Gasteiger partial charge in [-0.3, -0.25) is 14.4 Å². The molecule has 30 heavy (non-hydrogen) atoms. The van der Waals surface area contributed by atoms with Crippen molar-refractivity contribution in [3.8, 4) is 0 Å². The van der Waals surface area contributed by atoms with Gasteiger partial charge in [0.25, 0.3) is 15.9 Å². The summed E-state index contributed by atoms with van der Waals surface area (Å²) in [5.41, 5.74) is 2.02. The van der Waals surface area contributed by atoms with Crippen LogP contribution in [-0.4, -0.2) is 31.1 Å². The Hall–Kier alpha value is -3.20. The summed E-state index contributed by atoms with van der Waals surface area (Å²) < 4.78 is 33.2. The van der Waals surface area contributed by atoms with Crippen LogP contribution in [0, 0.1) is 0 Å². The van der Waals surface area contributed by atoms with E-state index in [1.807, 2.05) is 38.1 Å². The first kappa shape index (κ1) is 20.1. The Bertz CT molecular complexity index is 1170. The monoisotopic (exact) mass is 426 g/mol. The number of fused-ring (bicyclic) bond motifs is 1. The summed E-state index contributed by atoms with van der Waals surface area (Å²) in [4.78, 5) is 12.6. The molecule has 0 radical (unpaired) electrons. The molecule has 0 aliphatic carbocycles. The quantitative estimate of drug-likeness (QED) is 0.668. The minimum atomic E-state index is -3.72. The van der Waals surface area contributed by atoms with E-state index in [0.717, 1.165) is 18.4 Å². The highest BCUT2D eigenvalue weighted by Gasteiger charge is 2.29. The summed E-state index contributed by atoms with van der Waals surface area (Å²) >= 11 is 0. The molecule has 1 aliphatic rings. The van der Waals surface area contributed by atoms with Gasteiger partial charge in [0.15, 0.2) is 0 Å². The predicted octanol–water partition coefficient (Wildman–Crippen LogP) is 3.59. The molecule has 1 amide bonds. The fraction of sp³-hybridized carbons (Fsp3) is 0.286. The van der Waals surface area contributed by atoms with E-state index in [4.69, 9.17) is 4.42 Å². The largest absolute Gasteiger partial charge is 0.408 e. The number of nitrogens with zero attached hydrogens (tertiary/aromatic N) is 3. The molecule has 8 nitrogen and oxygen atoms in total. The SMILES string of the molecule is CC(C)c1nnc(NC(=O)c2ccc(S(=O)(=O)N3CCCc4ccccc43)cc2)o1. The summed E-state index contributed by atoms with van der Waals surface area (Å²) in [7, 11) is -3.72. The Kier molecular flexibility index (Phi) is 5.29. The predicted molar refractivity (Wildman–Crippen MR) is 112 cm³/mol. The van der Waals surface area contributed by atoms with Crippen molar-refractivity contribution in [1.29, 1.82) is 0 Å². The number of para-hydroxylation sites is 1. The van der Waals surface area contributed by atoms with Crippen LogP contribution in [0.1, 0.15) is 48.0 Å². The molecular weight excluding hydrogens is 404 g/mol. The maximum Gasteiger partial charge on any atom is 0.322 e. The lowest BCUT2D eigenvalue weighted by molar-refractivity contribution is 0.102. The van der Waals surface area contributed by atoms with E-state index in [0.29, 0.717) is 18.1 Å². The molecule has 0 unspecified atom stereocenters. The van der Waals surface area contributed by atoms with Gasteiger partial charge in [0, 0.05) is 18.0 Å². The van der Waals surface area contributed by atoms with Crippen LogP contribution in [0.4, 0.5) is 11.7 Å². The van der Waals surface area contributed by atoms with Gasteiger partial charge >= 0.3 is 6.01 Å². The third-order valence-corrected chi connectivity index (χ3v) is 6.75. The molecule has 2 aromatic carbocycles. The van der Waals surface area contributed by atoms with Crippen molar-refractivity contribution in [1.82, 2.24) is 10.2 Å². The zero-order chi connectivity index (χ0) is 21.3. The van der Waals surface area contributed by atoms with Crippen molar-refractivity contribution in [3.05, 3.63) is 65.5 Å². The van der Waals surface area contributed by atoms with Crippen LogP contribution in [0.3, 0.4) is 0 Å². The molecule has 9 heteroatoms. The van der Waals surface area contributed by atoms with Gasteiger partial charge in [0.1, 0.15) is 0 Å². The van der Waals surface area contributed by atoms with Crippen molar-refractivity contribution >= 4 is 27.6 Å². The van der Waals surface area contributed by atoms with Gasteiger partial charge in [-0.05, 0) is 48.7 Å². The lowest BCUT2D eigenvalue weighted by atomic mass is 10.0. The van der Waals surface area contributed by atoms with Gasteiger partial charge in [0.05, 0.1) is 10.6 Å². The Balaban J connectivity index is 1.53. The van der Waals surface area contributed by atoms with Crippen LogP contribution in [-0.2, 0) is 16.4 Å². The van der Waals surface area contributed by atoms with Crippen molar-refractivity contribution < 1.29 is 17.6 Å². The number of amides is 1. The molecule has 0 fully saturated rings. The van der Waals surface area contributed by atoms with Gasteiger partial charge in [-0.1, -0.05) is 37.1 Å². The van der Waals surface area contributed by atoms with E-state index in [2.05, 4.69) is 15.5 Å². The number of aromatic nitrogens is 2. The second-order valence-corrected chi connectivity index (χ2v) is 9.25. The van der Waals surface area contributed by atoms with E-state index < -0.39 is 15.9 Å². The molecular formula is C21H22N4O4S. The van der Waals surface area contributed by atoms with E-state index >= 15 is 0 Å². The normalized spacial score (nSPS) is 13.9. The molecule has 0 bridgehead atoms. The number of anilines is 2. The molecule has 0 saturated heterocycles. The molecule has 0 spiro atoms. The first-order chi connectivity index (χ1) is 14.4. The highest BCUT2D eigenvalue weighted by molar-refractivity contribution is 7.92. The van der Waals surface area contributed by atoms with Gasteiger partial charge in [-0.15, -0.1) is 5.10 Å². The van der Waals surface area contributed by atoms with Crippen molar-refractivity contribution in [2.45, 2.75) is 37.5 Å². The van der Waals surface area contributed by atoms with E-state index in [1.54, 1.807) is 0 Å². The minimum absolute atomic E-state index is 0.00493. The Morgan fingerprint density at radius 2 is 1.83 bits per heavy atom. The topological polar surface area (TPSA) is 105 Å². The zero-order valence-electron chi connectivity index (χ0n) is 16.7. The van der Waals surface area contributed by atoms with Crippen molar-refractivity contribution in [2.24, 2.45) is 0 Å². The molecule has 1 aliphatic heterocycles. The highest BCUT2D eigenvalue weighted by atomic mass is 32.2. The molecule has 1 N–H and O–H groups in total. The number of hydrogen-bond donors (Lipinski definition) is 1. The molecule has 2 heterocycles. The van der Waals surface area contributed by atoms with Gasteiger partial charge in [-0.25, -0.2) is 8.42 Å². The fourth-order valence-corrected chi connectivity index (χ4v) is 4.88.